The molecule has 0 atom stereocenters. The van der Waals surface area contributed by atoms with E-state index in [-0.39, 0.29) is 36.5 Å². The standard InChI is InChI=1S/C17H15N5O3.2ClH/c18-16(20-23)11-6-4-10(5-7-11)15-9-14(22-25-15)12-2-1-3-13(8-12)17(19)21-24;;/h1-9,23-24H,(H2,18,20)(H2,19,21);2*1H. The van der Waals surface area contributed by atoms with Gasteiger partial charge in [-0.15, -0.1) is 24.8 Å². The molecule has 0 unspecified atom stereocenters. The molecule has 0 aliphatic rings. The Hall–Kier alpha value is -3.23. The highest BCUT2D eigenvalue weighted by Gasteiger charge is 2.10. The number of hydrogen-bond acceptors (Lipinski definition) is 6. The topological polar surface area (TPSA) is 143 Å². The Balaban J connectivity index is 0.00000182. The Morgan fingerprint density at radius 1 is 0.815 bits per heavy atom. The van der Waals surface area contributed by atoms with E-state index in [9.17, 15) is 0 Å². The first-order chi connectivity index (χ1) is 12.1. The van der Waals surface area contributed by atoms with E-state index >= 15 is 0 Å². The molecule has 8 nitrogen and oxygen atoms in total. The van der Waals surface area contributed by atoms with Crippen LogP contribution in [0.1, 0.15) is 11.1 Å². The molecule has 0 spiro atoms. The highest BCUT2D eigenvalue weighted by Crippen LogP contribution is 2.26. The second kappa shape index (κ2) is 9.46. The van der Waals surface area contributed by atoms with E-state index < -0.39 is 0 Å². The molecule has 2 aromatic carbocycles. The largest absolute Gasteiger partial charge is 0.409 e. The van der Waals surface area contributed by atoms with Gasteiger partial charge in [0.15, 0.2) is 17.4 Å². The minimum atomic E-state index is 0. The maximum atomic E-state index is 8.78. The fourth-order valence-electron chi connectivity index (χ4n) is 2.31. The summed E-state index contributed by atoms with van der Waals surface area (Å²) < 4.78 is 5.39. The summed E-state index contributed by atoms with van der Waals surface area (Å²) in [5.74, 6) is 0.615. The first-order valence-electron chi connectivity index (χ1n) is 7.25. The Labute approximate surface area is 167 Å². The maximum absolute atomic E-state index is 8.78. The van der Waals surface area contributed by atoms with Crippen LogP contribution in [0, 0.1) is 0 Å². The van der Waals surface area contributed by atoms with Gasteiger partial charge in [0.05, 0.1) is 0 Å². The molecule has 6 N–H and O–H groups in total. The van der Waals surface area contributed by atoms with E-state index in [1.165, 1.54) is 0 Å². The smallest absolute Gasteiger partial charge is 0.170 e. The summed E-state index contributed by atoms with van der Waals surface area (Å²) in [5, 5.41) is 27.5. The van der Waals surface area contributed by atoms with E-state index in [0.717, 1.165) is 11.1 Å². The monoisotopic (exact) mass is 409 g/mol. The number of halogens is 2. The summed E-state index contributed by atoms with van der Waals surface area (Å²) in [4.78, 5) is 0. The number of rotatable bonds is 4. The summed E-state index contributed by atoms with van der Waals surface area (Å²) in [6.07, 6.45) is 0. The molecule has 0 saturated carbocycles. The zero-order valence-corrected chi connectivity index (χ0v) is 15.4. The van der Waals surface area contributed by atoms with Gasteiger partial charge in [-0.25, -0.2) is 0 Å². The molecule has 10 heteroatoms. The zero-order valence-electron chi connectivity index (χ0n) is 13.8. The molecule has 3 aromatic rings. The van der Waals surface area contributed by atoms with Crippen molar-refractivity contribution in [1.29, 1.82) is 0 Å². The van der Waals surface area contributed by atoms with Gasteiger partial charge in [0, 0.05) is 28.3 Å². The predicted molar refractivity (Wildman–Crippen MR) is 107 cm³/mol. The van der Waals surface area contributed by atoms with E-state index in [1.807, 2.05) is 6.07 Å². The van der Waals surface area contributed by atoms with Crippen molar-refractivity contribution >= 4 is 36.5 Å². The first kappa shape index (κ1) is 21.8. The number of aromatic nitrogens is 1. The molecule has 0 amide bonds. The third kappa shape index (κ3) is 4.69. The molecule has 0 fully saturated rings. The molecule has 27 heavy (non-hydrogen) atoms. The van der Waals surface area contributed by atoms with Crippen LogP contribution in [0.2, 0.25) is 0 Å². The zero-order chi connectivity index (χ0) is 17.8. The van der Waals surface area contributed by atoms with Gasteiger partial charge in [-0.2, -0.15) is 0 Å². The van der Waals surface area contributed by atoms with Gasteiger partial charge in [0.25, 0.3) is 0 Å². The Bertz CT molecular complexity index is 955. The van der Waals surface area contributed by atoms with Gasteiger partial charge in [-0.1, -0.05) is 57.9 Å². The molecule has 0 radical (unpaired) electrons. The fourth-order valence-corrected chi connectivity index (χ4v) is 2.31. The lowest BCUT2D eigenvalue weighted by Crippen LogP contribution is -2.12. The Kier molecular flexibility index (Phi) is 7.64. The molecule has 1 heterocycles. The van der Waals surface area contributed by atoms with Crippen molar-refractivity contribution in [2.45, 2.75) is 0 Å². The lowest BCUT2D eigenvalue weighted by molar-refractivity contribution is 0.318. The minimum Gasteiger partial charge on any atom is -0.409 e. The molecule has 1 aromatic heterocycles. The second-order valence-electron chi connectivity index (χ2n) is 5.21. The van der Waals surface area contributed by atoms with Crippen LogP contribution in [0.4, 0.5) is 0 Å². The molecule has 0 bridgehead atoms. The molecule has 0 saturated heterocycles. The summed E-state index contributed by atoms with van der Waals surface area (Å²) in [6, 6.07) is 15.9. The molecule has 3 rings (SSSR count). The normalized spacial score (nSPS) is 11.4. The second-order valence-corrected chi connectivity index (χ2v) is 5.21. The minimum absolute atomic E-state index is 0. The van der Waals surface area contributed by atoms with Crippen molar-refractivity contribution in [3.8, 4) is 22.6 Å². The molecule has 142 valence electrons. The van der Waals surface area contributed by atoms with Crippen LogP contribution < -0.4 is 11.5 Å². The third-order valence-corrected chi connectivity index (χ3v) is 3.64. The number of oxime groups is 2. The lowest BCUT2D eigenvalue weighted by atomic mass is 10.1. The number of benzene rings is 2. The molecule has 0 aliphatic heterocycles. The summed E-state index contributed by atoms with van der Waals surface area (Å²) in [6.45, 7) is 0. The first-order valence-corrected chi connectivity index (χ1v) is 7.25. The Morgan fingerprint density at radius 2 is 1.44 bits per heavy atom. The van der Waals surface area contributed by atoms with E-state index in [1.54, 1.807) is 48.5 Å². The van der Waals surface area contributed by atoms with Crippen molar-refractivity contribution in [1.82, 2.24) is 5.16 Å². The van der Waals surface area contributed by atoms with Gasteiger partial charge >= 0.3 is 0 Å². The van der Waals surface area contributed by atoms with Gasteiger partial charge in [-0.05, 0) is 6.07 Å². The molecule has 0 aliphatic carbocycles. The maximum Gasteiger partial charge on any atom is 0.170 e. The van der Waals surface area contributed by atoms with Gasteiger partial charge in [0.1, 0.15) is 5.69 Å². The van der Waals surface area contributed by atoms with Crippen molar-refractivity contribution in [3.05, 3.63) is 65.7 Å². The van der Waals surface area contributed by atoms with E-state index in [4.69, 9.17) is 26.4 Å². The number of amidine groups is 2. The van der Waals surface area contributed by atoms with Crippen LogP contribution in [0.15, 0.2) is 69.4 Å². The van der Waals surface area contributed by atoms with Crippen LogP contribution >= 0.6 is 24.8 Å². The van der Waals surface area contributed by atoms with Gasteiger partial charge < -0.3 is 26.4 Å². The summed E-state index contributed by atoms with van der Waals surface area (Å²) >= 11 is 0. The highest BCUT2D eigenvalue weighted by atomic mass is 35.5. The Morgan fingerprint density at radius 3 is 2.07 bits per heavy atom. The number of nitrogens with two attached hydrogens (primary N) is 2. The van der Waals surface area contributed by atoms with Crippen LogP contribution in [-0.2, 0) is 0 Å². The van der Waals surface area contributed by atoms with Crippen molar-refractivity contribution in [2.24, 2.45) is 21.8 Å². The number of hydrogen-bond donors (Lipinski definition) is 4. The SMILES string of the molecule is Cl.Cl.N/C(=N\O)c1ccc(-c2cc(-c3cccc(/C(N)=N/O)c3)no2)cc1. The van der Waals surface area contributed by atoms with Crippen LogP contribution in [0.25, 0.3) is 22.6 Å². The lowest BCUT2D eigenvalue weighted by Gasteiger charge is -2.01. The summed E-state index contributed by atoms with van der Waals surface area (Å²) in [5.41, 5.74) is 14.5. The van der Waals surface area contributed by atoms with Gasteiger partial charge in [-0.3, -0.25) is 0 Å². The average molecular weight is 410 g/mol. The van der Waals surface area contributed by atoms with Crippen LogP contribution in [0.3, 0.4) is 0 Å². The fraction of sp³-hybridized carbons (Fsp3) is 0. The molecular weight excluding hydrogens is 393 g/mol. The summed E-state index contributed by atoms with van der Waals surface area (Å²) in [7, 11) is 0. The van der Waals surface area contributed by atoms with E-state index in [0.29, 0.717) is 22.6 Å². The molecular formula is C17H17Cl2N5O3. The van der Waals surface area contributed by atoms with Crippen molar-refractivity contribution in [3.63, 3.8) is 0 Å². The number of nitrogens with zero attached hydrogens (tertiary/aromatic N) is 3. The van der Waals surface area contributed by atoms with Crippen molar-refractivity contribution < 1.29 is 14.9 Å². The third-order valence-electron chi connectivity index (χ3n) is 3.64. The van der Waals surface area contributed by atoms with Crippen LogP contribution in [-0.4, -0.2) is 27.2 Å². The van der Waals surface area contributed by atoms with Gasteiger partial charge in [0.2, 0.25) is 0 Å². The average Bonchev–Trinajstić information content (AvgIpc) is 3.17. The quantitative estimate of drug-likeness (QED) is 0.225. The van der Waals surface area contributed by atoms with Crippen LogP contribution in [0.5, 0.6) is 0 Å². The predicted octanol–water partition coefficient (Wildman–Crippen LogP) is 3.04. The van der Waals surface area contributed by atoms with Crippen molar-refractivity contribution in [2.75, 3.05) is 0 Å². The highest BCUT2D eigenvalue weighted by molar-refractivity contribution is 5.98. The van der Waals surface area contributed by atoms with E-state index in [2.05, 4.69) is 15.5 Å².